The van der Waals surface area contributed by atoms with E-state index in [1.54, 1.807) is 29.2 Å². The van der Waals surface area contributed by atoms with Crippen molar-refractivity contribution in [2.75, 3.05) is 5.32 Å². The van der Waals surface area contributed by atoms with Crippen molar-refractivity contribution in [2.45, 2.75) is 6.92 Å². The number of furan rings is 1. The summed E-state index contributed by atoms with van der Waals surface area (Å²) in [5.74, 6) is 0.275. The van der Waals surface area contributed by atoms with Crippen LogP contribution < -0.4 is 5.32 Å². The molecule has 26 heavy (non-hydrogen) atoms. The number of benzene rings is 1. The van der Waals surface area contributed by atoms with Crippen LogP contribution in [-0.4, -0.2) is 20.7 Å². The van der Waals surface area contributed by atoms with E-state index in [1.165, 1.54) is 17.6 Å². The van der Waals surface area contributed by atoms with Gasteiger partial charge in [-0.3, -0.25) is 4.79 Å². The first-order chi connectivity index (χ1) is 12.6. The molecule has 130 valence electrons. The summed E-state index contributed by atoms with van der Waals surface area (Å²) in [6.45, 7) is 1.92. The lowest BCUT2D eigenvalue weighted by atomic mass is 10.2. The highest BCUT2D eigenvalue weighted by atomic mass is 35.5. The van der Waals surface area contributed by atoms with Crippen molar-refractivity contribution >= 4 is 34.5 Å². The maximum absolute atomic E-state index is 12.4. The smallest absolute Gasteiger partial charge is 0.259 e. The summed E-state index contributed by atoms with van der Waals surface area (Å²) in [5, 5.41) is 10.4. The Morgan fingerprint density at radius 1 is 1.35 bits per heavy atom. The first kappa shape index (κ1) is 16.6. The van der Waals surface area contributed by atoms with Crippen LogP contribution >= 0.6 is 22.9 Å². The molecule has 4 aromatic rings. The monoisotopic (exact) mass is 384 g/mol. The van der Waals surface area contributed by atoms with Crippen LogP contribution in [0.4, 0.5) is 5.69 Å². The molecule has 1 amide bonds. The predicted octanol–water partition coefficient (Wildman–Crippen LogP) is 4.80. The van der Waals surface area contributed by atoms with Crippen LogP contribution in [0, 0.1) is 6.92 Å². The summed E-state index contributed by atoms with van der Waals surface area (Å²) in [6, 6.07) is 9.01. The third kappa shape index (κ3) is 3.26. The Morgan fingerprint density at radius 3 is 2.96 bits per heavy atom. The van der Waals surface area contributed by atoms with Crippen LogP contribution in [0.5, 0.6) is 0 Å². The number of hydrogen-bond donors (Lipinski definition) is 1. The molecule has 6 nitrogen and oxygen atoms in total. The van der Waals surface area contributed by atoms with Crippen LogP contribution in [-0.2, 0) is 0 Å². The predicted molar refractivity (Wildman–Crippen MR) is 101 cm³/mol. The van der Waals surface area contributed by atoms with Crippen LogP contribution in [0.15, 0.2) is 58.8 Å². The molecule has 0 aliphatic rings. The summed E-state index contributed by atoms with van der Waals surface area (Å²) in [5.41, 5.74) is 2.43. The van der Waals surface area contributed by atoms with E-state index < -0.39 is 0 Å². The minimum Gasteiger partial charge on any atom is -0.462 e. The van der Waals surface area contributed by atoms with Gasteiger partial charge in [-0.2, -0.15) is 5.10 Å². The number of carbonyl (C=O) groups is 1. The van der Waals surface area contributed by atoms with E-state index in [4.69, 9.17) is 16.0 Å². The number of aryl methyl sites for hydroxylation is 1. The lowest BCUT2D eigenvalue weighted by Gasteiger charge is -2.03. The Kier molecular flexibility index (Phi) is 4.32. The quantitative estimate of drug-likeness (QED) is 0.548. The molecule has 0 aliphatic carbocycles. The zero-order valence-corrected chi connectivity index (χ0v) is 15.2. The number of thiazole rings is 1. The Labute approximate surface area is 158 Å². The van der Waals surface area contributed by atoms with E-state index in [9.17, 15) is 4.79 Å². The van der Waals surface area contributed by atoms with Crippen LogP contribution in [0.25, 0.3) is 17.1 Å². The topological polar surface area (TPSA) is 73.0 Å². The second kappa shape index (κ2) is 6.78. The molecule has 0 saturated carbocycles. The zero-order valence-electron chi connectivity index (χ0n) is 13.6. The summed E-state index contributed by atoms with van der Waals surface area (Å²) in [6.07, 6.45) is 4.67. The molecular weight excluding hydrogens is 372 g/mol. The highest BCUT2D eigenvalue weighted by Crippen LogP contribution is 2.25. The first-order valence-corrected chi connectivity index (χ1v) is 8.98. The average Bonchev–Trinajstić information content (AvgIpc) is 3.35. The van der Waals surface area contributed by atoms with Crippen molar-refractivity contribution in [1.82, 2.24) is 14.8 Å². The number of nitrogens with one attached hydrogen (secondary N) is 1. The minimum absolute atomic E-state index is 0.286. The SMILES string of the molecule is Cc1nc(-c2cc(C(=O)Nc3cnn(-c4ccccc4Cl)c3)co2)cs1. The molecule has 1 N–H and O–H groups in total. The van der Waals surface area contributed by atoms with Crippen LogP contribution in [0.3, 0.4) is 0 Å². The summed E-state index contributed by atoms with van der Waals surface area (Å²) in [4.78, 5) is 16.8. The molecule has 4 rings (SSSR count). The molecule has 0 spiro atoms. The molecule has 0 bridgehead atoms. The molecule has 0 saturated heterocycles. The van der Waals surface area contributed by atoms with Crippen molar-refractivity contribution < 1.29 is 9.21 Å². The van der Waals surface area contributed by atoms with Crippen molar-refractivity contribution in [3.63, 3.8) is 0 Å². The number of carbonyl (C=O) groups excluding carboxylic acids is 1. The second-order valence-corrected chi connectivity index (χ2v) is 7.00. The molecule has 0 atom stereocenters. The first-order valence-electron chi connectivity index (χ1n) is 7.72. The molecular formula is C18H13ClN4O2S. The number of halogens is 1. The second-order valence-electron chi connectivity index (χ2n) is 5.53. The fourth-order valence-corrected chi connectivity index (χ4v) is 3.25. The van der Waals surface area contributed by atoms with E-state index in [2.05, 4.69) is 15.4 Å². The number of amides is 1. The van der Waals surface area contributed by atoms with Crippen molar-refractivity contribution in [1.29, 1.82) is 0 Å². The molecule has 3 heterocycles. The molecule has 1 aromatic carbocycles. The Hall–Kier alpha value is -2.90. The van der Waals surface area contributed by atoms with Gasteiger partial charge in [0, 0.05) is 5.38 Å². The van der Waals surface area contributed by atoms with Gasteiger partial charge in [0.15, 0.2) is 5.76 Å². The highest BCUT2D eigenvalue weighted by molar-refractivity contribution is 7.09. The van der Waals surface area contributed by atoms with Crippen molar-refractivity contribution in [2.24, 2.45) is 0 Å². The zero-order chi connectivity index (χ0) is 18.1. The largest absolute Gasteiger partial charge is 0.462 e. The van der Waals surface area contributed by atoms with Gasteiger partial charge < -0.3 is 9.73 Å². The van der Waals surface area contributed by atoms with Gasteiger partial charge in [-0.15, -0.1) is 11.3 Å². The maximum atomic E-state index is 12.4. The van der Waals surface area contributed by atoms with Gasteiger partial charge in [-0.25, -0.2) is 9.67 Å². The van der Waals surface area contributed by atoms with E-state index in [-0.39, 0.29) is 5.91 Å². The summed E-state index contributed by atoms with van der Waals surface area (Å²) in [7, 11) is 0. The van der Waals surface area contributed by atoms with Crippen molar-refractivity contribution in [3.8, 4) is 17.1 Å². The molecule has 0 unspecified atom stereocenters. The van der Waals surface area contributed by atoms with Gasteiger partial charge in [-0.05, 0) is 25.1 Å². The third-order valence-electron chi connectivity index (χ3n) is 3.67. The van der Waals surface area contributed by atoms with E-state index >= 15 is 0 Å². The number of para-hydroxylation sites is 1. The number of rotatable bonds is 4. The lowest BCUT2D eigenvalue weighted by molar-refractivity contribution is 0.102. The number of hydrogen-bond acceptors (Lipinski definition) is 5. The maximum Gasteiger partial charge on any atom is 0.259 e. The van der Waals surface area contributed by atoms with E-state index in [0.717, 1.165) is 16.4 Å². The Balaban J connectivity index is 1.51. The van der Waals surface area contributed by atoms with Gasteiger partial charge in [0.1, 0.15) is 12.0 Å². The number of nitrogens with zero attached hydrogens (tertiary/aromatic N) is 3. The van der Waals surface area contributed by atoms with Gasteiger partial charge in [0.2, 0.25) is 0 Å². The molecule has 3 aromatic heterocycles. The minimum atomic E-state index is -0.286. The van der Waals surface area contributed by atoms with Gasteiger partial charge in [-0.1, -0.05) is 23.7 Å². The van der Waals surface area contributed by atoms with Gasteiger partial charge >= 0.3 is 0 Å². The lowest BCUT2D eigenvalue weighted by Crippen LogP contribution is -2.10. The fourth-order valence-electron chi connectivity index (χ4n) is 2.43. The van der Waals surface area contributed by atoms with Crippen LogP contribution in [0.1, 0.15) is 15.4 Å². The summed E-state index contributed by atoms with van der Waals surface area (Å²) >= 11 is 7.69. The highest BCUT2D eigenvalue weighted by Gasteiger charge is 2.14. The molecule has 0 aliphatic heterocycles. The number of aromatic nitrogens is 3. The Bertz CT molecular complexity index is 1080. The van der Waals surface area contributed by atoms with Crippen molar-refractivity contribution in [3.05, 3.63) is 70.0 Å². The van der Waals surface area contributed by atoms with E-state index in [1.807, 2.05) is 30.5 Å². The van der Waals surface area contributed by atoms with E-state index in [0.29, 0.717) is 22.0 Å². The molecule has 8 heteroatoms. The van der Waals surface area contributed by atoms with Crippen LogP contribution in [0.2, 0.25) is 5.02 Å². The average molecular weight is 385 g/mol. The number of anilines is 1. The third-order valence-corrected chi connectivity index (χ3v) is 4.77. The Morgan fingerprint density at radius 2 is 2.19 bits per heavy atom. The molecule has 0 fully saturated rings. The standard InChI is InChI=1S/C18H13ClN4O2S/c1-11-21-15(10-26-11)17-6-12(9-25-17)18(24)22-13-7-20-23(8-13)16-5-3-2-4-14(16)19/h2-10H,1H3,(H,22,24). The molecule has 0 radical (unpaired) electrons. The normalized spacial score (nSPS) is 10.8. The van der Waals surface area contributed by atoms with Gasteiger partial charge in [0.25, 0.3) is 5.91 Å². The fraction of sp³-hybridized carbons (Fsp3) is 0.0556. The van der Waals surface area contributed by atoms with Gasteiger partial charge in [0.05, 0.1) is 39.4 Å². The summed E-state index contributed by atoms with van der Waals surface area (Å²) < 4.78 is 7.07.